The van der Waals surface area contributed by atoms with Crippen molar-refractivity contribution < 1.29 is 9.84 Å². The van der Waals surface area contributed by atoms with Crippen LogP contribution in [0.5, 0.6) is 0 Å². The van der Waals surface area contributed by atoms with Crippen molar-refractivity contribution in [1.29, 1.82) is 0 Å². The van der Waals surface area contributed by atoms with Crippen molar-refractivity contribution in [1.82, 2.24) is 10.2 Å². The monoisotopic (exact) mass is 352 g/mol. The molecular weight excluding hydrogens is 324 g/mol. The van der Waals surface area contributed by atoms with E-state index in [4.69, 9.17) is 4.74 Å². The van der Waals surface area contributed by atoms with Crippen LogP contribution in [0, 0.1) is 5.41 Å². The van der Waals surface area contributed by atoms with Crippen molar-refractivity contribution in [3.63, 3.8) is 0 Å². The van der Waals surface area contributed by atoms with Crippen LogP contribution in [0.1, 0.15) is 12.8 Å². The van der Waals surface area contributed by atoms with E-state index in [9.17, 15) is 5.11 Å². The molecule has 0 atom stereocenters. The lowest BCUT2D eigenvalue weighted by Gasteiger charge is -2.39. The molecule has 7 heteroatoms. The third kappa shape index (κ3) is 4.02. The van der Waals surface area contributed by atoms with Gasteiger partial charge in [0, 0.05) is 58.4 Å². The Kier molecular flexibility index (Phi) is 5.97. The summed E-state index contributed by atoms with van der Waals surface area (Å²) in [5.41, 5.74) is -0.0764. The fraction of sp³-hybridized carbons (Fsp3) is 0.706. The van der Waals surface area contributed by atoms with Crippen LogP contribution in [-0.4, -0.2) is 75.6 Å². The Morgan fingerprint density at radius 1 is 1.33 bits per heavy atom. The molecule has 3 rings (SSSR count). The molecule has 2 saturated heterocycles. The molecule has 2 aliphatic rings. The van der Waals surface area contributed by atoms with Crippen LogP contribution in [0.4, 0.5) is 5.00 Å². The number of guanidine groups is 1. The Morgan fingerprint density at radius 2 is 2.08 bits per heavy atom. The quantitative estimate of drug-likeness (QED) is 0.631. The smallest absolute Gasteiger partial charge is 0.193 e. The number of thiophene rings is 1. The molecule has 6 nitrogen and oxygen atoms in total. The Morgan fingerprint density at radius 3 is 2.67 bits per heavy atom. The normalized spacial score (nSPS) is 21.8. The largest absolute Gasteiger partial charge is 0.396 e. The number of nitrogens with zero attached hydrogens (tertiary/aromatic N) is 3. The van der Waals surface area contributed by atoms with Crippen LogP contribution >= 0.6 is 11.3 Å². The van der Waals surface area contributed by atoms with Gasteiger partial charge in [-0.25, -0.2) is 0 Å². The zero-order valence-electron chi connectivity index (χ0n) is 14.4. The number of hydrogen-bond donors (Lipinski definition) is 2. The van der Waals surface area contributed by atoms with Crippen LogP contribution in [0.3, 0.4) is 0 Å². The summed E-state index contributed by atoms with van der Waals surface area (Å²) in [6, 6.07) is 4.29. The van der Waals surface area contributed by atoms with Gasteiger partial charge >= 0.3 is 0 Å². The first-order valence-corrected chi connectivity index (χ1v) is 9.57. The van der Waals surface area contributed by atoms with Gasteiger partial charge in [-0.05, 0) is 30.4 Å². The molecule has 3 heterocycles. The maximum atomic E-state index is 9.82. The minimum Gasteiger partial charge on any atom is -0.396 e. The van der Waals surface area contributed by atoms with E-state index < -0.39 is 0 Å². The summed E-state index contributed by atoms with van der Waals surface area (Å²) < 4.78 is 5.44. The maximum absolute atomic E-state index is 9.82. The van der Waals surface area contributed by atoms with E-state index in [2.05, 4.69) is 37.6 Å². The lowest BCUT2D eigenvalue weighted by Crippen LogP contribution is -2.54. The highest BCUT2D eigenvalue weighted by atomic mass is 32.1. The summed E-state index contributed by atoms with van der Waals surface area (Å²) in [5, 5.41) is 16.8. The molecule has 0 aliphatic carbocycles. The molecule has 0 unspecified atom stereocenters. The van der Waals surface area contributed by atoms with Crippen molar-refractivity contribution in [2.75, 3.05) is 64.5 Å². The summed E-state index contributed by atoms with van der Waals surface area (Å²) in [7, 11) is 1.84. The summed E-state index contributed by atoms with van der Waals surface area (Å²) in [6.45, 7) is 6.39. The number of rotatable bonds is 4. The van der Waals surface area contributed by atoms with Crippen LogP contribution in [0.2, 0.25) is 0 Å². The van der Waals surface area contributed by atoms with Crippen molar-refractivity contribution >= 4 is 22.3 Å². The number of hydrogen-bond acceptors (Lipinski definition) is 5. The van der Waals surface area contributed by atoms with Gasteiger partial charge in [-0.2, -0.15) is 0 Å². The van der Waals surface area contributed by atoms with E-state index in [-0.39, 0.29) is 12.0 Å². The summed E-state index contributed by atoms with van der Waals surface area (Å²) in [5.74, 6) is 0.945. The molecule has 0 aromatic carbocycles. The average molecular weight is 353 g/mol. The fourth-order valence-corrected chi connectivity index (χ4v) is 4.17. The molecule has 0 radical (unpaired) electrons. The van der Waals surface area contributed by atoms with Crippen molar-refractivity contribution in [2.45, 2.75) is 12.8 Å². The number of anilines is 1. The Bertz CT molecular complexity index is 521. The summed E-state index contributed by atoms with van der Waals surface area (Å²) >= 11 is 1.80. The van der Waals surface area contributed by atoms with Crippen LogP contribution < -0.4 is 10.2 Å². The van der Waals surface area contributed by atoms with E-state index in [1.54, 1.807) is 11.3 Å². The van der Waals surface area contributed by atoms with E-state index >= 15 is 0 Å². The lowest BCUT2D eigenvalue weighted by molar-refractivity contribution is -0.0134. The minimum absolute atomic E-state index is 0.0764. The molecular formula is C17H28N4O2S. The van der Waals surface area contributed by atoms with Gasteiger partial charge < -0.3 is 25.0 Å². The van der Waals surface area contributed by atoms with Gasteiger partial charge in [0.05, 0.1) is 11.6 Å². The number of ether oxygens (including phenoxy) is 1. The molecule has 1 aromatic rings. The second-order valence-corrected chi connectivity index (χ2v) is 7.52. The molecule has 134 valence electrons. The Labute approximate surface area is 148 Å². The highest BCUT2D eigenvalue weighted by molar-refractivity contribution is 7.14. The minimum atomic E-state index is -0.0764. The number of nitrogens with one attached hydrogen (secondary N) is 1. The van der Waals surface area contributed by atoms with Gasteiger partial charge in [-0.3, -0.25) is 4.99 Å². The molecule has 2 aliphatic heterocycles. The second kappa shape index (κ2) is 8.18. The van der Waals surface area contributed by atoms with E-state index in [0.717, 1.165) is 64.7 Å². The van der Waals surface area contributed by atoms with E-state index in [1.807, 2.05) is 7.05 Å². The van der Waals surface area contributed by atoms with Crippen LogP contribution in [-0.2, 0) is 4.74 Å². The number of aliphatic imine (C=N–C) groups is 1. The summed E-state index contributed by atoms with van der Waals surface area (Å²) in [6.07, 6.45) is 1.80. The topological polar surface area (TPSA) is 60.3 Å². The van der Waals surface area contributed by atoms with Crippen LogP contribution in [0.25, 0.3) is 0 Å². The first-order valence-electron chi connectivity index (χ1n) is 8.69. The highest BCUT2D eigenvalue weighted by Crippen LogP contribution is 2.29. The van der Waals surface area contributed by atoms with Gasteiger partial charge in [-0.15, -0.1) is 11.3 Å². The third-order valence-corrected chi connectivity index (χ3v) is 6.05. The van der Waals surface area contributed by atoms with Crippen molar-refractivity contribution in [2.24, 2.45) is 10.4 Å². The fourth-order valence-electron chi connectivity index (χ4n) is 3.38. The van der Waals surface area contributed by atoms with Gasteiger partial charge in [0.2, 0.25) is 0 Å². The molecule has 1 aromatic heterocycles. The second-order valence-electron chi connectivity index (χ2n) is 6.60. The third-order valence-electron chi connectivity index (χ3n) is 5.12. The molecule has 0 amide bonds. The van der Waals surface area contributed by atoms with Gasteiger partial charge in [0.25, 0.3) is 0 Å². The maximum Gasteiger partial charge on any atom is 0.193 e. The molecule has 0 saturated carbocycles. The SMILES string of the molecule is CN=C(NCC1(CO)CCOCC1)N1CCN(c2cccs2)CC1. The first-order chi connectivity index (χ1) is 11.8. The zero-order chi connectivity index (χ0) is 16.8. The van der Waals surface area contributed by atoms with Gasteiger partial charge in [0.1, 0.15) is 0 Å². The Hall–Kier alpha value is -1.31. The molecule has 0 bridgehead atoms. The molecule has 2 N–H and O–H groups in total. The van der Waals surface area contributed by atoms with Gasteiger partial charge in [-0.1, -0.05) is 0 Å². The van der Waals surface area contributed by atoms with Gasteiger partial charge in [0.15, 0.2) is 5.96 Å². The molecule has 2 fully saturated rings. The van der Waals surface area contributed by atoms with Crippen LogP contribution in [0.15, 0.2) is 22.5 Å². The zero-order valence-corrected chi connectivity index (χ0v) is 15.2. The van der Waals surface area contributed by atoms with E-state index in [1.165, 1.54) is 5.00 Å². The predicted octanol–water partition coefficient (Wildman–Crippen LogP) is 1.23. The predicted molar refractivity (Wildman–Crippen MR) is 99.0 cm³/mol. The molecule has 24 heavy (non-hydrogen) atoms. The molecule has 0 spiro atoms. The van der Waals surface area contributed by atoms with E-state index in [0.29, 0.717) is 0 Å². The van der Waals surface area contributed by atoms with Crippen molar-refractivity contribution in [3.05, 3.63) is 17.5 Å². The standard InChI is InChI=1S/C17H28N4O2S/c1-18-16(19-13-17(14-22)4-10-23-11-5-17)21-8-6-20(7-9-21)15-3-2-12-24-15/h2-3,12,22H,4-11,13-14H2,1H3,(H,18,19). The summed E-state index contributed by atoms with van der Waals surface area (Å²) in [4.78, 5) is 9.20. The average Bonchev–Trinajstić information content (AvgIpc) is 3.18. The lowest BCUT2D eigenvalue weighted by atomic mass is 9.81. The first kappa shape index (κ1) is 17.5. The Balaban J connectivity index is 1.52. The number of aliphatic hydroxyl groups excluding tert-OH is 1. The number of aliphatic hydroxyl groups is 1. The van der Waals surface area contributed by atoms with Crippen molar-refractivity contribution in [3.8, 4) is 0 Å². The highest BCUT2D eigenvalue weighted by Gasteiger charge is 2.32. The number of piperazine rings is 1.